The molecule has 0 spiro atoms. The zero-order valence-electron chi connectivity index (χ0n) is 16.2. The molecule has 0 aliphatic carbocycles. The number of carbonyl (C=O) groups is 1. The molecule has 0 aromatic heterocycles. The highest BCUT2D eigenvalue weighted by molar-refractivity contribution is 5.92. The first-order chi connectivity index (χ1) is 14.2. The van der Waals surface area contributed by atoms with E-state index in [0.717, 1.165) is 17.7 Å². The molecule has 3 rings (SSSR count). The molecule has 0 aliphatic heterocycles. The van der Waals surface area contributed by atoms with Crippen molar-refractivity contribution in [1.29, 1.82) is 5.26 Å². The molecule has 29 heavy (non-hydrogen) atoms. The van der Waals surface area contributed by atoms with Gasteiger partial charge in [0.1, 0.15) is 0 Å². The van der Waals surface area contributed by atoms with Crippen LogP contribution in [0.4, 0.5) is 5.69 Å². The minimum absolute atomic E-state index is 0.161. The fourth-order valence-electron chi connectivity index (χ4n) is 2.91. The SMILES string of the molecule is CCOc1cc(C#N)ccc1OCC(=O)Nc1ccccc1Cc1ccccc1. The number of carbonyl (C=O) groups excluding carboxylic acids is 1. The van der Waals surface area contributed by atoms with E-state index in [1.165, 1.54) is 5.56 Å². The van der Waals surface area contributed by atoms with Crippen LogP contribution in [0.2, 0.25) is 0 Å². The minimum atomic E-state index is -0.266. The highest BCUT2D eigenvalue weighted by Gasteiger charge is 2.11. The number of para-hydroxylation sites is 1. The summed E-state index contributed by atoms with van der Waals surface area (Å²) < 4.78 is 11.1. The maximum atomic E-state index is 12.5. The molecule has 0 heterocycles. The van der Waals surface area contributed by atoms with Gasteiger partial charge in [0.25, 0.3) is 5.91 Å². The molecule has 5 nitrogen and oxygen atoms in total. The van der Waals surface area contributed by atoms with E-state index in [2.05, 4.69) is 23.5 Å². The molecule has 5 heteroatoms. The number of benzene rings is 3. The molecule has 3 aromatic carbocycles. The first kappa shape index (κ1) is 20.0. The largest absolute Gasteiger partial charge is 0.490 e. The first-order valence-corrected chi connectivity index (χ1v) is 9.41. The van der Waals surface area contributed by atoms with Gasteiger partial charge in [-0.05, 0) is 42.7 Å². The number of hydrogen-bond donors (Lipinski definition) is 1. The molecule has 146 valence electrons. The van der Waals surface area contributed by atoms with Gasteiger partial charge in [0.05, 0.1) is 18.2 Å². The van der Waals surface area contributed by atoms with Crippen LogP contribution in [0.5, 0.6) is 11.5 Å². The summed E-state index contributed by atoms with van der Waals surface area (Å²) >= 11 is 0. The van der Waals surface area contributed by atoms with Crippen LogP contribution >= 0.6 is 0 Å². The van der Waals surface area contributed by atoms with Gasteiger partial charge < -0.3 is 14.8 Å². The van der Waals surface area contributed by atoms with Crippen LogP contribution < -0.4 is 14.8 Å². The Morgan fingerprint density at radius 2 is 1.72 bits per heavy atom. The number of anilines is 1. The minimum Gasteiger partial charge on any atom is -0.490 e. The monoisotopic (exact) mass is 386 g/mol. The first-order valence-electron chi connectivity index (χ1n) is 9.41. The Labute approximate surface area is 170 Å². The Balaban J connectivity index is 1.66. The predicted molar refractivity (Wildman–Crippen MR) is 112 cm³/mol. The van der Waals surface area contributed by atoms with E-state index in [0.29, 0.717) is 23.7 Å². The maximum Gasteiger partial charge on any atom is 0.262 e. The fourth-order valence-corrected chi connectivity index (χ4v) is 2.91. The van der Waals surface area contributed by atoms with Crippen molar-refractivity contribution in [1.82, 2.24) is 0 Å². The maximum absolute atomic E-state index is 12.5. The van der Waals surface area contributed by atoms with Crippen LogP contribution in [0.25, 0.3) is 0 Å². The van der Waals surface area contributed by atoms with Gasteiger partial charge in [0.2, 0.25) is 0 Å². The lowest BCUT2D eigenvalue weighted by molar-refractivity contribution is -0.118. The van der Waals surface area contributed by atoms with E-state index in [9.17, 15) is 4.79 Å². The number of ether oxygens (including phenoxy) is 2. The second-order valence-electron chi connectivity index (χ2n) is 6.36. The molecule has 0 radical (unpaired) electrons. The van der Waals surface area contributed by atoms with E-state index in [1.807, 2.05) is 49.4 Å². The Morgan fingerprint density at radius 1 is 0.966 bits per heavy atom. The summed E-state index contributed by atoms with van der Waals surface area (Å²) in [6, 6.07) is 24.7. The zero-order valence-corrected chi connectivity index (χ0v) is 16.2. The molecule has 1 amide bonds. The Bertz CT molecular complexity index is 1010. The molecule has 0 saturated heterocycles. The van der Waals surface area contributed by atoms with Crippen molar-refractivity contribution in [3.05, 3.63) is 89.5 Å². The third-order valence-electron chi connectivity index (χ3n) is 4.26. The third-order valence-corrected chi connectivity index (χ3v) is 4.26. The summed E-state index contributed by atoms with van der Waals surface area (Å²) in [6.07, 6.45) is 0.724. The number of nitrogens with one attached hydrogen (secondary N) is 1. The van der Waals surface area contributed by atoms with E-state index in [-0.39, 0.29) is 12.5 Å². The number of amides is 1. The van der Waals surface area contributed by atoms with Crippen molar-refractivity contribution < 1.29 is 14.3 Å². The number of nitrogens with zero attached hydrogens (tertiary/aromatic N) is 1. The second kappa shape index (κ2) is 9.95. The summed E-state index contributed by atoms with van der Waals surface area (Å²) in [7, 11) is 0. The second-order valence-corrected chi connectivity index (χ2v) is 6.36. The average molecular weight is 386 g/mol. The van der Waals surface area contributed by atoms with Crippen molar-refractivity contribution in [2.24, 2.45) is 0 Å². The van der Waals surface area contributed by atoms with Crippen molar-refractivity contribution >= 4 is 11.6 Å². The highest BCUT2D eigenvalue weighted by Crippen LogP contribution is 2.28. The van der Waals surface area contributed by atoms with Crippen LogP contribution in [0.1, 0.15) is 23.6 Å². The van der Waals surface area contributed by atoms with Gasteiger partial charge in [0.15, 0.2) is 18.1 Å². The molecule has 0 aliphatic rings. The topological polar surface area (TPSA) is 71.3 Å². The summed E-state index contributed by atoms with van der Waals surface area (Å²) in [6.45, 7) is 2.12. The summed E-state index contributed by atoms with van der Waals surface area (Å²) in [5, 5.41) is 11.9. The number of hydrogen-bond acceptors (Lipinski definition) is 4. The van der Waals surface area contributed by atoms with Crippen molar-refractivity contribution in [2.45, 2.75) is 13.3 Å². The van der Waals surface area contributed by atoms with Gasteiger partial charge in [-0.15, -0.1) is 0 Å². The molecule has 1 N–H and O–H groups in total. The van der Waals surface area contributed by atoms with Gasteiger partial charge >= 0.3 is 0 Å². The zero-order chi connectivity index (χ0) is 20.5. The molecule has 3 aromatic rings. The normalized spacial score (nSPS) is 10.1. The molecular formula is C24H22N2O3. The molecule has 0 fully saturated rings. The smallest absolute Gasteiger partial charge is 0.262 e. The van der Waals surface area contributed by atoms with E-state index < -0.39 is 0 Å². The van der Waals surface area contributed by atoms with E-state index in [4.69, 9.17) is 14.7 Å². The molecule has 0 atom stereocenters. The molecular weight excluding hydrogens is 364 g/mol. The summed E-state index contributed by atoms with van der Waals surface area (Å²) in [5.41, 5.74) is 3.43. The van der Waals surface area contributed by atoms with Crippen molar-refractivity contribution in [3.63, 3.8) is 0 Å². The highest BCUT2D eigenvalue weighted by atomic mass is 16.5. The van der Waals surface area contributed by atoms with Gasteiger partial charge in [0, 0.05) is 11.8 Å². The number of rotatable bonds is 8. The standard InChI is InChI=1S/C24H22N2O3/c1-2-28-23-15-19(16-25)12-13-22(23)29-17-24(27)26-21-11-7-6-10-20(21)14-18-8-4-3-5-9-18/h3-13,15H,2,14,17H2,1H3,(H,26,27). The molecule has 0 unspecified atom stereocenters. The van der Waals surface area contributed by atoms with Gasteiger partial charge in [-0.1, -0.05) is 48.5 Å². The lowest BCUT2D eigenvalue weighted by Gasteiger charge is -2.14. The van der Waals surface area contributed by atoms with Crippen LogP contribution in [0, 0.1) is 11.3 Å². The Morgan fingerprint density at radius 3 is 2.48 bits per heavy atom. The summed E-state index contributed by atoms with van der Waals surface area (Å²) in [4.78, 5) is 12.5. The quantitative estimate of drug-likeness (QED) is 0.616. The number of nitriles is 1. The summed E-state index contributed by atoms with van der Waals surface area (Å²) in [5.74, 6) is 0.611. The fraction of sp³-hybridized carbons (Fsp3) is 0.167. The van der Waals surface area contributed by atoms with Gasteiger partial charge in [-0.3, -0.25) is 4.79 Å². The Hall–Kier alpha value is -3.78. The van der Waals surface area contributed by atoms with Gasteiger partial charge in [-0.2, -0.15) is 5.26 Å². The van der Waals surface area contributed by atoms with Crippen molar-refractivity contribution in [3.8, 4) is 17.6 Å². The van der Waals surface area contributed by atoms with Gasteiger partial charge in [-0.25, -0.2) is 0 Å². The lowest BCUT2D eigenvalue weighted by Crippen LogP contribution is -2.21. The van der Waals surface area contributed by atoms with Crippen LogP contribution in [0.3, 0.4) is 0 Å². The van der Waals surface area contributed by atoms with Crippen LogP contribution in [-0.2, 0) is 11.2 Å². The molecule has 0 saturated carbocycles. The van der Waals surface area contributed by atoms with Crippen LogP contribution in [0.15, 0.2) is 72.8 Å². The van der Waals surface area contributed by atoms with E-state index >= 15 is 0 Å². The lowest BCUT2D eigenvalue weighted by atomic mass is 10.0. The molecule has 0 bridgehead atoms. The van der Waals surface area contributed by atoms with Crippen LogP contribution in [-0.4, -0.2) is 19.1 Å². The van der Waals surface area contributed by atoms with E-state index in [1.54, 1.807) is 18.2 Å². The van der Waals surface area contributed by atoms with Crippen molar-refractivity contribution in [2.75, 3.05) is 18.5 Å². The third kappa shape index (κ3) is 5.60. The average Bonchev–Trinajstić information content (AvgIpc) is 2.75. The predicted octanol–water partition coefficient (Wildman–Crippen LogP) is 4.57. The Kier molecular flexibility index (Phi) is 6.85.